The zero-order chi connectivity index (χ0) is 18.7. The van der Waals surface area contributed by atoms with Crippen molar-refractivity contribution in [3.63, 3.8) is 0 Å². The summed E-state index contributed by atoms with van der Waals surface area (Å²) in [5.74, 6) is 1.17. The van der Waals surface area contributed by atoms with Crippen molar-refractivity contribution >= 4 is 28.3 Å². The predicted molar refractivity (Wildman–Crippen MR) is 109 cm³/mol. The summed E-state index contributed by atoms with van der Waals surface area (Å²) in [6.45, 7) is 7.02. The number of sulfonamides is 1. The van der Waals surface area contributed by atoms with Crippen LogP contribution >= 0.6 is 12.4 Å². The van der Waals surface area contributed by atoms with Crippen LogP contribution in [-0.2, 0) is 14.8 Å². The molecular weight excluding hydrogens is 386 g/mol. The minimum Gasteiger partial charge on any atom is -0.339 e. The first kappa shape index (κ1) is 22.1. The fourth-order valence-corrected chi connectivity index (χ4v) is 4.59. The van der Waals surface area contributed by atoms with Crippen LogP contribution in [0.1, 0.15) is 38.2 Å². The number of hydrogen-bond acceptors (Lipinski definition) is 4. The molecule has 1 aliphatic carbocycles. The first-order chi connectivity index (χ1) is 12.4. The average molecular weight is 416 g/mol. The normalized spacial score (nSPS) is 18.4. The lowest BCUT2D eigenvalue weighted by Crippen LogP contribution is -2.52. The van der Waals surface area contributed by atoms with Gasteiger partial charge in [-0.2, -0.15) is 4.31 Å². The van der Waals surface area contributed by atoms with Gasteiger partial charge in [0.2, 0.25) is 15.9 Å². The van der Waals surface area contributed by atoms with Gasteiger partial charge in [0.15, 0.2) is 0 Å². The summed E-state index contributed by atoms with van der Waals surface area (Å²) >= 11 is 0. The number of benzene rings is 1. The largest absolute Gasteiger partial charge is 0.339 e. The molecule has 1 amide bonds. The van der Waals surface area contributed by atoms with Crippen molar-refractivity contribution in [2.75, 3.05) is 39.3 Å². The molecule has 8 heteroatoms. The molecule has 1 aliphatic heterocycles. The summed E-state index contributed by atoms with van der Waals surface area (Å²) < 4.78 is 27.1. The molecule has 1 heterocycles. The summed E-state index contributed by atoms with van der Waals surface area (Å²) in [5, 5.41) is 3.20. The molecule has 0 bridgehead atoms. The maximum absolute atomic E-state index is 12.8. The van der Waals surface area contributed by atoms with Crippen LogP contribution in [0.15, 0.2) is 29.2 Å². The highest BCUT2D eigenvalue weighted by molar-refractivity contribution is 7.89. The van der Waals surface area contributed by atoms with Crippen LogP contribution in [-0.4, -0.2) is 62.8 Å². The Kier molecular flexibility index (Phi) is 7.68. The smallest absolute Gasteiger partial charge is 0.243 e. The molecule has 2 aliphatic rings. The van der Waals surface area contributed by atoms with Crippen LogP contribution in [0.2, 0.25) is 0 Å². The van der Waals surface area contributed by atoms with Crippen molar-refractivity contribution in [1.82, 2.24) is 14.5 Å². The Morgan fingerprint density at radius 1 is 1.11 bits per heavy atom. The first-order valence-electron chi connectivity index (χ1n) is 9.46. The van der Waals surface area contributed by atoms with Crippen molar-refractivity contribution in [1.29, 1.82) is 0 Å². The molecule has 27 heavy (non-hydrogen) atoms. The number of nitrogens with zero attached hydrogens (tertiary/aromatic N) is 2. The molecule has 0 unspecified atom stereocenters. The molecule has 1 aromatic rings. The van der Waals surface area contributed by atoms with Gasteiger partial charge in [-0.1, -0.05) is 26.0 Å². The van der Waals surface area contributed by atoms with Gasteiger partial charge in [0, 0.05) is 26.2 Å². The predicted octanol–water partition coefficient (Wildman–Crippen LogP) is 2.06. The van der Waals surface area contributed by atoms with Crippen LogP contribution in [0, 0.1) is 5.92 Å². The number of hydrogen-bond donors (Lipinski definition) is 1. The van der Waals surface area contributed by atoms with Gasteiger partial charge < -0.3 is 10.2 Å². The van der Waals surface area contributed by atoms with Crippen LogP contribution in [0.5, 0.6) is 0 Å². The SMILES string of the molecule is CC(C)c1ccc(S(=O)(=O)N2CCN(C(=O)CNCC3CC3)CC2)cc1.Cl. The Bertz CT molecular complexity index is 725. The van der Waals surface area contributed by atoms with E-state index in [-0.39, 0.29) is 18.3 Å². The van der Waals surface area contributed by atoms with Gasteiger partial charge in [-0.3, -0.25) is 4.79 Å². The summed E-state index contributed by atoms with van der Waals surface area (Å²) in [6, 6.07) is 7.12. The fourth-order valence-electron chi connectivity index (χ4n) is 3.17. The fraction of sp³-hybridized carbons (Fsp3) is 0.632. The number of nitrogens with one attached hydrogen (secondary N) is 1. The van der Waals surface area contributed by atoms with E-state index in [0.717, 1.165) is 18.0 Å². The monoisotopic (exact) mass is 415 g/mol. The topological polar surface area (TPSA) is 69.7 Å². The Labute approximate surface area is 168 Å². The molecule has 0 atom stereocenters. The van der Waals surface area contributed by atoms with Gasteiger partial charge >= 0.3 is 0 Å². The van der Waals surface area contributed by atoms with E-state index in [2.05, 4.69) is 19.2 Å². The highest BCUT2D eigenvalue weighted by Gasteiger charge is 2.30. The molecule has 0 aromatic heterocycles. The van der Waals surface area contributed by atoms with Gasteiger partial charge in [-0.05, 0) is 48.9 Å². The van der Waals surface area contributed by atoms with Crippen molar-refractivity contribution < 1.29 is 13.2 Å². The van der Waals surface area contributed by atoms with Crippen molar-refractivity contribution in [2.24, 2.45) is 5.92 Å². The number of piperazine rings is 1. The van der Waals surface area contributed by atoms with E-state index in [1.54, 1.807) is 17.0 Å². The molecule has 1 N–H and O–H groups in total. The molecule has 0 spiro atoms. The molecular formula is C19H30ClN3O3S. The number of rotatable bonds is 7. The van der Waals surface area contributed by atoms with Crippen LogP contribution in [0.25, 0.3) is 0 Å². The Morgan fingerprint density at radius 3 is 2.22 bits per heavy atom. The van der Waals surface area contributed by atoms with Crippen molar-refractivity contribution in [3.05, 3.63) is 29.8 Å². The second-order valence-electron chi connectivity index (χ2n) is 7.58. The van der Waals surface area contributed by atoms with Gasteiger partial charge in [0.05, 0.1) is 11.4 Å². The summed E-state index contributed by atoms with van der Waals surface area (Å²) in [5.41, 5.74) is 1.12. The number of halogens is 1. The van der Waals surface area contributed by atoms with Crippen LogP contribution in [0.3, 0.4) is 0 Å². The zero-order valence-electron chi connectivity index (χ0n) is 16.1. The highest BCUT2D eigenvalue weighted by atomic mass is 35.5. The summed E-state index contributed by atoms with van der Waals surface area (Å²) in [6.07, 6.45) is 2.52. The van der Waals surface area contributed by atoms with Gasteiger partial charge in [0.1, 0.15) is 0 Å². The van der Waals surface area contributed by atoms with E-state index < -0.39 is 10.0 Å². The Hall–Kier alpha value is -1.15. The Balaban J connectivity index is 0.00000261. The third-order valence-electron chi connectivity index (χ3n) is 5.18. The second kappa shape index (κ2) is 9.37. The van der Waals surface area contributed by atoms with Crippen LogP contribution in [0.4, 0.5) is 0 Å². The van der Waals surface area contributed by atoms with Crippen LogP contribution < -0.4 is 5.32 Å². The molecule has 0 radical (unpaired) electrons. The van der Waals surface area contributed by atoms with E-state index >= 15 is 0 Å². The Morgan fingerprint density at radius 2 is 1.70 bits per heavy atom. The molecule has 152 valence electrons. The third kappa shape index (κ3) is 5.67. The maximum atomic E-state index is 12.8. The molecule has 1 aromatic carbocycles. The second-order valence-corrected chi connectivity index (χ2v) is 9.52. The highest BCUT2D eigenvalue weighted by Crippen LogP contribution is 2.27. The third-order valence-corrected chi connectivity index (χ3v) is 7.09. The lowest BCUT2D eigenvalue weighted by atomic mass is 10.0. The van der Waals surface area contributed by atoms with E-state index in [9.17, 15) is 13.2 Å². The van der Waals surface area contributed by atoms with Crippen molar-refractivity contribution in [2.45, 2.75) is 37.5 Å². The lowest BCUT2D eigenvalue weighted by molar-refractivity contribution is -0.131. The average Bonchev–Trinajstić information content (AvgIpc) is 3.46. The minimum atomic E-state index is -3.49. The molecule has 3 rings (SSSR count). The van der Waals surface area contributed by atoms with E-state index in [1.807, 2.05) is 12.1 Å². The number of carbonyl (C=O) groups is 1. The number of carbonyl (C=O) groups excluding carboxylic acids is 1. The summed E-state index contributed by atoms with van der Waals surface area (Å²) in [7, 11) is -3.49. The molecule has 1 saturated heterocycles. The quantitative estimate of drug-likeness (QED) is 0.740. The van der Waals surface area contributed by atoms with Crippen molar-refractivity contribution in [3.8, 4) is 0 Å². The molecule has 1 saturated carbocycles. The summed E-state index contributed by atoms with van der Waals surface area (Å²) in [4.78, 5) is 14.3. The molecule has 2 fully saturated rings. The van der Waals surface area contributed by atoms with E-state index in [4.69, 9.17) is 0 Å². The van der Waals surface area contributed by atoms with E-state index in [0.29, 0.717) is 43.5 Å². The van der Waals surface area contributed by atoms with E-state index in [1.165, 1.54) is 17.1 Å². The van der Waals surface area contributed by atoms with Gasteiger partial charge in [-0.25, -0.2) is 8.42 Å². The lowest BCUT2D eigenvalue weighted by Gasteiger charge is -2.34. The van der Waals surface area contributed by atoms with Gasteiger partial charge in [-0.15, -0.1) is 12.4 Å². The first-order valence-corrected chi connectivity index (χ1v) is 10.9. The maximum Gasteiger partial charge on any atom is 0.243 e. The number of amides is 1. The zero-order valence-corrected chi connectivity index (χ0v) is 17.7. The molecule has 6 nitrogen and oxygen atoms in total. The standard InChI is InChI=1S/C19H29N3O3S.ClH/c1-15(2)17-5-7-18(8-6-17)26(24,25)22-11-9-21(10-12-22)19(23)14-20-13-16-3-4-16;/h5-8,15-16,20H,3-4,9-14H2,1-2H3;1H. The minimum absolute atomic E-state index is 0. The van der Waals surface area contributed by atoms with Gasteiger partial charge in [0.25, 0.3) is 0 Å².